The Morgan fingerprint density at radius 3 is 1.42 bits per heavy atom. The van der Waals surface area contributed by atoms with Crippen LogP contribution < -0.4 is 18.9 Å². The number of esters is 2. The maximum absolute atomic E-state index is 12.2. The maximum atomic E-state index is 12.2. The van der Waals surface area contributed by atoms with Gasteiger partial charge in [-0.25, -0.2) is 9.59 Å². The van der Waals surface area contributed by atoms with Crippen LogP contribution in [0.4, 0.5) is 0 Å². The molecule has 5 aromatic rings. The lowest BCUT2D eigenvalue weighted by Crippen LogP contribution is -2.31. The van der Waals surface area contributed by atoms with Crippen molar-refractivity contribution in [2.24, 2.45) is 0 Å². The van der Waals surface area contributed by atoms with Gasteiger partial charge >= 0.3 is 11.9 Å². The second kappa shape index (κ2) is 16.5. The fraction of sp³-hybridized carbons (Fsp3) is 0.158. The highest BCUT2D eigenvalue weighted by atomic mass is 32.2. The number of para-hydroxylation sites is 2. The van der Waals surface area contributed by atoms with Gasteiger partial charge in [0.1, 0.15) is 49.4 Å². The molecule has 0 aliphatic carbocycles. The van der Waals surface area contributed by atoms with Crippen molar-refractivity contribution in [3.05, 3.63) is 128 Å². The molecule has 0 aliphatic heterocycles. The maximum Gasteiger partial charge on any atom is 0.330 e. The Morgan fingerprint density at radius 2 is 0.980 bits per heavy atom. The molecule has 0 radical (unpaired) electrons. The molecule has 0 aliphatic rings. The Kier molecular flexibility index (Phi) is 11.7. The highest BCUT2D eigenvalue weighted by Crippen LogP contribution is 2.43. The minimum Gasteiger partial charge on any atom is -0.490 e. The number of hydrogen-bond acceptors (Lipinski definition) is 10. The van der Waals surface area contributed by atoms with Gasteiger partial charge in [-0.1, -0.05) is 73.8 Å². The largest absolute Gasteiger partial charge is 0.490 e. The van der Waals surface area contributed by atoms with Crippen LogP contribution in [0.3, 0.4) is 0 Å². The molecule has 0 amide bonds. The summed E-state index contributed by atoms with van der Waals surface area (Å²) in [6.07, 6.45) is 0.288. The lowest BCUT2D eigenvalue weighted by atomic mass is 10.0. The van der Waals surface area contributed by atoms with E-state index in [1.165, 1.54) is 18.2 Å². The molecule has 258 valence electrons. The molecule has 0 saturated carbocycles. The van der Waals surface area contributed by atoms with Crippen LogP contribution in [0.5, 0.6) is 23.0 Å². The molecular formula is C38H34O11S. The zero-order valence-corrected chi connectivity index (χ0v) is 27.6. The van der Waals surface area contributed by atoms with Crippen molar-refractivity contribution >= 4 is 43.6 Å². The van der Waals surface area contributed by atoms with Gasteiger partial charge in [0.2, 0.25) is 0 Å². The van der Waals surface area contributed by atoms with E-state index in [4.69, 9.17) is 28.4 Å². The lowest BCUT2D eigenvalue weighted by Gasteiger charge is -2.23. The summed E-state index contributed by atoms with van der Waals surface area (Å²) >= 11 is 0. The summed E-state index contributed by atoms with van der Waals surface area (Å²) in [5.41, 5.74) is 0. The van der Waals surface area contributed by atoms with Crippen molar-refractivity contribution in [2.75, 3.05) is 26.4 Å². The van der Waals surface area contributed by atoms with Crippen LogP contribution in [-0.4, -0.2) is 63.5 Å². The van der Waals surface area contributed by atoms with E-state index in [-0.39, 0.29) is 42.5 Å². The third kappa shape index (κ3) is 9.19. The van der Waals surface area contributed by atoms with Crippen molar-refractivity contribution < 1.29 is 51.0 Å². The summed E-state index contributed by atoms with van der Waals surface area (Å²) in [6.45, 7) is 6.48. The monoisotopic (exact) mass is 698 g/mol. The van der Waals surface area contributed by atoms with Crippen LogP contribution in [0.2, 0.25) is 0 Å². The molecule has 2 atom stereocenters. The average molecular weight is 699 g/mol. The summed E-state index contributed by atoms with van der Waals surface area (Å²) in [5, 5.41) is 1.78. The SMILES string of the molecule is C=CC(=O)OC(COc1ccccc1)COc1c2ccccc2c(OCC(COc2ccccc2)OC(=O)C=C)c2cc(S(=O)(=O)O)ccc12. The molecule has 12 heteroatoms. The van der Waals surface area contributed by atoms with Crippen molar-refractivity contribution in [3.63, 3.8) is 0 Å². The molecule has 11 nitrogen and oxygen atoms in total. The smallest absolute Gasteiger partial charge is 0.330 e. The number of carbonyl (C=O) groups is 2. The van der Waals surface area contributed by atoms with Crippen molar-refractivity contribution in [2.45, 2.75) is 17.1 Å². The van der Waals surface area contributed by atoms with Crippen molar-refractivity contribution in [1.82, 2.24) is 0 Å². The second-order valence-electron chi connectivity index (χ2n) is 10.8. The molecule has 0 heterocycles. The molecule has 1 N–H and O–H groups in total. The van der Waals surface area contributed by atoms with Gasteiger partial charge in [-0.05, 0) is 42.5 Å². The summed E-state index contributed by atoms with van der Waals surface area (Å²) in [7, 11) is -4.62. The highest BCUT2D eigenvalue weighted by Gasteiger charge is 2.23. The first-order chi connectivity index (χ1) is 24.2. The number of hydrogen-bond donors (Lipinski definition) is 1. The van der Waals surface area contributed by atoms with Gasteiger partial charge in [0.25, 0.3) is 10.1 Å². The Bertz CT molecular complexity index is 2080. The predicted molar refractivity (Wildman–Crippen MR) is 186 cm³/mol. The summed E-state index contributed by atoms with van der Waals surface area (Å²) in [5.74, 6) is 0.308. The quantitative estimate of drug-likeness (QED) is 0.0502. The van der Waals surface area contributed by atoms with E-state index in [0.29, 0.717) is 33.4 Å². The summed E-state index contributed by atoms with van der Waals surface area (Å²) in [6, 6.07) is 29.0. The molecule has 5 rings (SSSR count). The molecule has 50 heavy (non-hydrogen) atoms. The Labute approximate surface area is 289 Å². The lowest BCUT2D eigenvalue weighted by molar-refractivity contribution is -0.147. The second-order valence-corrected chi connectivity index (χ2v) is 12.2. The predicted octanol–water partition coefficient (Wildman–Crippen LogP) is 6.35. The van der Waals surface area contributed by atoms with Gasteiger partial charge in [-0.2, -0.15) is 8.42 Å². The first kappa shape index (κ1) is 35.5. The Morgan fingerprint density at radius 1 is 0.580 bits per heavy atom. The fourth-order valence-corrected chi connectivity index (χ4v) is 5.48. The van der Waals surface area contributed by atoms with Gasteiger partial charge < -0.3 is 28.4 Å². The van der Waals surface area contributed by atoms with Gasteiger partial charge in [-0.15, -0.1) is 0 Å². The Balaban J connectivity index is 1.51. The Hall–Kier alpha value is -5.85. The zero-order valence-electron chi connectivity index (χ0n) is 26.8. The first-order valence-corrected chi connectivity index (χ1v) is 16.8. The first-order valence-electron chi connectivity index (χ1n) is 15.4. The van der Waals surface area contributed by atoms with E-state index >= 15 is 0 Å². The van der Waals surface area contributed by atoms with Gasteiger partial charge in [0.15, 0.2) is 12.2 Å². The van der Waals surface area contributed by atoms with E-state index in [9.17, 15) is 22.6 Å². The molecule has 0 spiro atoms. The van der Waals surface area contributed by atoms with Crippen molar-refractivity contribution in [3.8, 4) is 23.0 Å². The normalized spacial score (nSPS) is 12.3. The van der Waals surface area contributed by atoms with E-state index < -0.39 is 34.3 Å². The van der Waals surface area contributed by atoms with E-state index in [2.05, 4.69) is 13.2 Å². The number of carbonyl (C=O) groups excluding carboxylic acids is 2. The summed E-state index contributed by atoms with van der Waals surface area (Å²) in [4.78, 5) is 24.0. The van der Waals surface area contributed by atoms with Crippen LogP contribution in [0.1, 0.15) is 0 Å². The molecule has 0 bridgehead atoms. The molecule has 0 saturated heterocycles. The molecular weight excluding hydrogens is 664 g/mol. The summed E-state index contributed by atoms with van der Waals surface area (Å²) < 4.78 is 69.7. The zero-order chi connectivity index (χ0) is 35.5. The minimum absolute atomic E-state index is 0.0383. The molecule has 0 fully saturated rings. The number of fused-ring (bicyclic) bond motifs is 2. The van der Waals surface area contributed by atoms with Crippen LogP contribution in [-0.2, 0) is 29.2 Å². The van der Waals surface area contributed by atoms with Gasteiger partial charge in [0.05, 0.1) is 4.90 Å². The topological polar surface area (TPSA) is 144 Å². The van der Waals surface area contributed by atoms with Crippen molar-refractivity contribution in [1.29, 1.82) is 0 Å². The molecule has 0 aromatic heterocycles. The number of rotatable bonds is 17. The number of benzene rings is 5. The van der Waals surface area contributed by atoms with E-state index in [1.807, 2.05) is 12.1 Å². The standard InChI is InChI=1S/C38H34O11S/c1-3-35(39)48-28(22-44-26-13-7-5-8-14-26)24-46-37-31-17-11-12-18-32(31)38(34-21-30(50(41,42)43)19-20-33(34)37)47-25-29(49-36(40)4-2)23-45-27-15-9-6-10-16-27/h3-21,28-29H,1-2,22-25H2,(H,41,42,43). The van der Waals surface area contributed by atoms with Crippen LogP contribution in [0.25, 0.3) is 21.5 Å². The average Bonchev–Trinajstić information content (AvgIpc) is 3.13. The van der Waals surface area contributed by atoms with Crippen LogP contribution in [0.15, 0.2) is 133 Å². The van der Waals surface area contributed by atoms with E-state index in [0.717, 1.165) is 12.2 Å². The van der Waals surface area contributed by atoms with E-state index in [1.54, 1.807) is 72.8 Å². The van der Waals surface area contributed by atoms with Crippen LogP contribution >= 0.6 is 0 Å². The van der Waals surface area contributed by atoms with Crippen LogP contribution in [0, 0.1) is 0 Å². The minimum atomic E-state index is -4.62. The molecule has 5 aromatic carbocycles. The third-order valence-corrected chi connectivity index (χ3v) is 8.13. The third-order valence-electron chi connectivity index (χ3n) is 7.28. The number of ether oxygens (including phenoxy) is 6. The van der Waals surface area contributed by atoms with Gasteiger partial charge in [0, 0.05) is 33.7 Å². The van der Waals surface area contributed by atoms with Gasteiger partial charge in [-0.3, -0.25) is 4.55 Å². The molecule has 2 unspecified atom stereocenters. The fourth-order valence-electron chi connectivity index (χ4n) is 4.97. The highest BCUT2D eigenvalue weighted by molar-refractivity contribution is 7.85.